The van der Waals surface area contributed by atoms with Crippen molar-refractivity contribution in [3.63, 3.8) is 0 Å². The van der Waals surface area contributed by atoms with Gasteiger partial charge >= 0.3 is 0 Å². The van der Waals surface area contributed by atoms with Crippen LogP contribution >= 0.6 is 11.3 Å². The Kier molecular flexibility index (Phi) is 6.50. The lowest BCUT2D eigenvalue weighted by Gasteiger charge is -2.32. The molecule has 0 aliphatic carbocycles. The van der Waals surface area contributed by atoms with Crippen LogP contribution in [0.1, 0.15) is 37.8 Å². The van der Waals surface area contributed by atoms with E-state index in [1.54, 1.807) is 25.6 Å². The van der Waals surface area contributed by atoms with Gasteiger partial charge in [-0.2, -0.15) is 0 Å². The number of hydrogen-bond acceptors (Lipinski definition) is 6. The standard InChI is InChI=1S/C22H31N3O2S/c1-26-19-8-9-20(21(13-19)27-2)22-23-17(16-28-22)14-25-12-6-7-18(25)15-24-10-4-3-5-11-24/h8-9,13,16,18H,3-7,10-12,14-15H2,1-2H3. The fourth-order valence-corrected chi connectivity index (χ4v) is 5.28. The second kappa shape index (κ2) is 9.25. The van der Waals surface area contributed by atoms with Crippen LogP contribution in [0.3, 0.4) is 0 Å². The van der Waals surface area contributed by atoms with Crippen LogP contribution in [0.4, 0.5) is 0 Å². The first-order valence-corrected chi connectivity index (χ1v) is 11.3. The number of thiazole rings is 1. The zero-order valence-electron chi connectivity index (χ0n) is 17.0. The summed E-state index contributed by atoms with van der Waals surface area (Å²) in [4.78, 5) is 10.2. The highest BCUT2D eigenvalue weighted by molar-refractivity contribution is 7.13. The Balaban J connectivity index is 1.43. The first-order valence-electron chi connectivity index (χ1n) is 10.4. The van der Waals surface area contributed by atoms with Gasteiger partial charge in [0.05, 0.1) is 25.5 Å². The van der Waals surface area contributed by atoms with Crippen LogP contribution in [0, 0.1) is 0 Å². The number of ether oxygens (including phenoxy) is 2. The van der Waals surface area contributed by atoms with Crippen LogP contribution < -0.4 is 9.47 Å². The topological polar surface area (TPSA) is 37.8 Å². The van der Waals surface area contributed by atoms with Gasteiger partial charge in [-0.15, -0.1) is 11.3 Å². The number of hydrogen-bond donors (Lipinski definition) is 0. The zero-order valence-corrected chi connectivity index (χ0v) is 17.8. The number of benzene rings is 1. The average Bonchev–Trinajstić information content (AvgIpc) is 3.38. The summed E-state index contributed by atoms with van der Waals surface area (Å²) in [6.07, 6.45) is 6.76. The molecule has 0 bridgehead atoms. The molecular formula is C22H31N3O2S. The summed E-state index contributed by atoms with van der Waals surface area (Å²) in [6, 6.07) is 6.60. The molecule has 6 heteroatoms. The van der Waals surface area contributed by atoms with Crippen molar-refractivity contribution in [3.8, 4) is 22.1 Å². The molecule has 2 aromatic rings. The van der Waals surface area contributed by atoms with Gasteiger partial charge in [0.1, 0.15) is 16.5 Å². The second-order valence-electron chi connectivity index (χ2n) is 7.84. The Labute approximate surface area is 172 Å². The van der Waals surface area contributed by atoms with E-state index >= 15 is 0 Å². The molecule has 152 valence electrons. The highest BCUT2D eigenvalue weighted by Gasteiger charge is 2.27. The fourth-order valence-electron chi connectivity index (χ4n) is 4.44. The van der Waals surface area contributed by atoms with E-state index in [1.807, 2.05) is 18.2 Å². The Morgan fingerprint density at radius 1 is 1.07 bits per heavy atom. The van der Waals surface area contributed by atoms with E-state index in [-0.39, 0.29) is 0 Å². The summed E-state index contributed by atoms with van der Waals surface area (Å²) in [6.45, 7) is 5.93. The molecule has 2 saturated heterocycles. The minimum Gasteiger partial charge on any atom is -0.497 e. The van der Waals surface area contributed by atoms with Gasteiger partial charge in [-0.3, -0.25) is 4.90 Å². The molecule has 5 nitrogen and oxygen atoms in total. The molecule has 1 aromatic carbocycles. The largest absolute Gasteiger partial charge is 0.497 e. The molecule has 0 spiro atoms. The summed E-state index contributed by atoms with van der Waals surface area (Å²) < 4.78 is 10.9. The van der Waals surface area contributed by atoms with E-state index in [0.29, 0.717) is 6.04 Å². The zero-order chi connectivity index (χ0) is 19.3. The van der Waals surface area contributed by atoms with Gasteiger partial charge in [-0.05, 0) is 57.5 Å². The van der Waals surface area contributed by atoms with E-state index in [2.05, 4.69) is 15.2 Å². The molecule has 2 aliphatic rings. The van der Waals surface area contributed by atoms with Crippen molar-refractivity contribution >= 4 is 11.3 Å². The molecule has 1 aromatic heterocycles. The van der Waals surface area contributed by atoms with Crippen LogP contribution in [-0.2, 0) is 6.54 Å². The van der Waals surface area contributed by atoms with Crippen molar-refractivity contribution < 1.29 is 9.47 Å². The van der Waals surface area contributed by atoms with Crippen molar-refractivity contribution in [3.05, 3.63) is 29.3 Å². The first kappa shape index (κ1) is 19.7. The van der Waals surface area contributed by atoms with Crippen molar-refractivity contribution in [1.29, 1.82) is 0 Å². The summed E-state index contributed by atoms with van der Waals surface area (Å²) in [5.41, 5.74) is 2.20. The third-order valence-electron chi connectivity index (χ3n) is 5.97. The molecule has 2 fully saturated rings. The number of methoxy groups -OCH3 is 2. The van der Waals surface area contributed by atoms with E-state index in [1.165, 1.54) is 64.0 Å². The average molecular weight is 402 g/mol. The van der Waals surface area contributed by atoms with Gasteiger partial charge in [0.15, 0.2) is 0 Å². The van der Waals surface area contributed by atoms with Gasteiger partial charge in [0, 0.05) is 30.6 Å². The predicted octanol–water partition coefficient (Wildman–Crippen LogP) is 4.28. The summed E-state index contributed by atoms with van der Waals surface area (Å²) >= 11 is 1.70. The number of nitrogens with zero attached hydrogens (tertiary/aromatic N) is 3. The number of aromatic nitrogens is 1. The molecule has 1 atom stereocenters. The van der Waals surface area contributed by atoms with Crippen LogP contribution in [0.5, 0.6) is 11.5 Å². The molecule has 3 heterocycles. The Morgan fingerprint density at radius 3 is 2.71 bits per heavy atom. The van der Waals surface area contributed by atoms with E-state index in [4.69, 9.17) is 14.5 Å². The maximum atomic E-state index is 5.56. The van der Waals surface area contributed by atoms with Crippen LogP contribution in [0.2, 0.25) is 0 Å². The molecule has 0 N–H and O–H groups in total. The lowest BCUT2D eigenvalue weighted by molar-refractivity contribution is 0.148. The Hall–Kier alpha value is -1.63. The normalized spacial score (nSPS) is 21.1. The second-order valence-corrected chi connectivity index (χ2v) is 8.70. The van der Waals surface area contributed by atoms with Gasteiger partial charge in [0.2, 0.25) is 0 Å². The van der Waals surface area contributed by atoms with Gasteiger partial charge in [-0.1, -0.05) is 6.42 Å². The molecule has 2 aliphatic heterocycles. The van der Waals surface area contributed by atoms with E-state index in [9.17, 15) is 0 Å². The quantitative estimate of drug-likeness (QED) is 0.692. The number of piperidine rings is 1. The minimum absolute atomic E-state index is 0.679. The van der Waals surface area contributed by atoms with Gasteiger partial charge in [0.25, 0.3) is 0 Å². The predicted molar refractivity (Wildman–Crippen MR) is 114 cm³/mol. The lowest BCUT2D eigenvalue weighted by Crippen LogP contribution is -2.42. The fraction of sp³-hybridized carbons (Fsp3) is 0.591. The van der Waals surface area contributed by atoms with Crippen molar-refractivity contribution in [1.82, 2.24) is 14.8 Å². The third-order valence-corrected chi connectivity index (χ3v) is 6.90. The number of likely N-dealkylation sites (tertiary alicyclic amines) is 2. The maximum absolute atomic E-state index is 5.56. The Bertz CT molecular complexity index is 773. The summed E-state index contributed by atoms with van der Waals surface area (Å²) in [5.74, 6) is 1.61. The molecular weight excluding hydrogens is 370 g/mol. The molecule has 0 amide bonds. The maximum Gasteiger partial charge on any atom is 0.132 e. The molecule has 0 radical (unpaired) electrons. The van der Waals surface area contributed by atoms with Gasteiger partial charge in [-0.25, -0.2) is 4.98 Å². The minimum atomic E-state index is 0.679. The van der Waals surface area contributed by atoms with E-state index < -0.39 is 0 Å². The Morgan fingerprint density at radius 2 is 1.93 bits per heavy atom. The van der Waals surface area contributed by atoms with Crippen molar-refractivity contribution in [2.75, 3.05) is 40.4 Å². The van der Waals surface area contributed by atoms with Crippen LogP contribution in [-0.4, -0.2) is 61.2 Å². The SMILES string of the molecule is COc1ccc(-c2nc(CN3CCCC3CN3CCCCC3)cs2)c(OC)c1. The number of rotatable bonds is 7. The van der Waals surface area contributed by atoms with Crippen LogP contribution in [0.25, 0.3) is 10.6 Å². The molecule has 4 rings (SSSR count). The smallest absolute Gasteiger partial charge is 0.132 e. The highest BCUT2D eigenvalue weighted by Crippen LogP contribution is 2.35. The summed E-state index contributed by atoms with van der Waals surface area (Å²) in [5, 5.41) is 3.22. The van der Waals surface area contributed by atoms with E-state index in [0.717, 1.165) is 28.6 Å². The van der Waals surface area contributed by atoms with Crippen molar-refractivity contribution in [2.24, 2.45) is 0 Å². The monoisotopic (exact) mass is 401 g/mol. The van der Waals surface area contributed by atoms with Gasteiger partial charge < -0.3 is 14.4 Å². The lowest BCUT2D eigenvalue weighted by atomic mass is 10.1. The van der Waals surface area contributed by atoms with Crippen molar-refractivity contribution in [2.45, 2.75) is 44.7 Å². The summed E-state index contributed by atoms with van der Waals surface area (Å²) in [7, 11) is 3.37. The molecule has 1 unspecified atom stereocenters. The van der Waals surface area contributed by atoms with Crippen LogP contribution in [0.15, 0.2) is 23.6 Å². The highest BCUT2D eigenvalue weighted by atomic mass is 32.1. The first-order chi connectivity index (χ1) is 13.8. The molecule has 0 saturated carbocycles. The third kappa shape index (κ3) is 4.50. The molecule has 28 heavy (non-hydrogen) atoms.